The van der Waals surface area contributed by atoms with Crippen LogP contribution in [0.4, 0.5) is 17.1 Å². The maximum absolute atomic E-state index is 2.43. The van der Waals surface area contributed by atoms with Gasteiger partial charge in [-0.1, -0.05) is 182 Å². The van der Waals surface area contributed by atoms with E-state index in [1.807, 2.05) is 0 Å². The number of anilines is 3. The van der Waals surface area contributed by atoms with Crippen molar-refractivity contribution in [2.45, 2.75) is 0 Å². The zero-order chi connectivity index (χ0) is 35.1. The quantitative estimate of drug-likeness (QED) is 0.159. The summed E-state index contributed by atoms with van der Waals surface area (Å²) in [6.45, 7) is 0. The molecule has 0 fully saturated rings. The molecule has 0 saturated heterocycles. The summed E-state index contributed by atoms with van der Waals surface area (Å²) in [5.41, 5.74) is 10.7. The van der Waals surface area contributed by atoms with Crippen LogP contribution < -0.4 is 4.90 Å². The number of hydrogen-bond acceptors (Lipinski definition) is 1. The maximum Gasteiger partial charge on any atom is 0.0546 e. The number of rotatable bonds is 6. The Balaban J connectivity index is 1.10. The molecule has 53 heavy (non-hydrogen) atoms. The SMILES string of the molecule is c1cc(-c2cccc3ccccc23)cc(N(c2ccc(-c3ccc(-c4cccc5ccccc45)cc3)cc2)c2cc3ccccc3c3ccccc23)c1. The summed E-state index contributed by atoms with van der Waals surface area (Å²) in [5.74, 6) is 0. The van der Waals surface area contributed by atoms with Crippen molar-refractivity contribution < 1.29 is 0 Å². The maximum atomic E-state index is 2.43. The van der Waals surface area contributed by atoms with Gasteiger partial charge in [0, 0.05) is 16.8 Å². The van der Waals surface area contributed by atoms with E-state index in [9.17, 15) is 0 Å². The molecule has 0 heterocycles. The van der Waals surface area contributed by atoms with Crippen LogP contribution in [0.2, 0.25) is 0 Å². The molecule has 10 aromatic rings. The molecule has 0 aliphatic rings. The Morgan fingerprint density at radius 1 is 0.245 bits per heavy atom. The molecule has 0 radical (unpaired) electrons. The van der Waals surface area contributed by atoms with E-state index in [0.29, 0.717) is 0 Å². The van der Waals surface area contributed by atoms with Gasteiger partial charge in [0.05, 0.1) is 5.69 Å². The van der Waals surface area contributed by atoms with Crippen molar-refractivity contribution >= 4 is 60.2 Å². The van der Waals surface area contributed by atoms with Crippen molar-refractivity contribution in [2.24, 2.45) is 0 Å². The van der Waals surface area contributed by atoms with E-state index in [4.69, 9.17) is 0 Å². The highest BCUT2D eigenvalue weighted by molar-refractivity contribution is 6.14. The largest absolute Gasteiger partial charge is 0.310 e. The number of hydrogen-bond donors (Lipinski definition) is 0. The molecular weight excluding hydrogens is 639 g/mol. The molecule has 0 aliphatic carbocycles. The zero-order valence-electron chi connectivity index (χ0n) is 29.2. The van der Waals surface area contributed by atoms with Gasteiger partial charge >= 0.3 is 0 Å². The minimum Gasteiger partial charge on any atom is -0.310 e. The molecule has 0 spiro atoms. The molecule has 10 aromatic carbocycles. The van der Waals surface area contributed by atoms with Crippen LogP contribution in [0, 0.1) is 0 Å². The van der Waals surface area contributed by atoms with Gasteiger partial charge in [0.2, 0.25) is 0 Å². The van der Waals surface area contributed by atoms with Crippen LogP contribution in [0.5, 0.6) is 0 Å². The molecule has 0 aromatic heterocycles. The first-order valence-corrected chi connectivity index (χ1v) is 18.3. The van der Waals surface area contributed by atoms with E-state index < -0.39 is 0 Å². The summed E-state index contributed by atoms with van der Waals surface area (Å²) in [7, 11) is 0. The predicted octanol–water partition coefficient (Wildman–Crippen LogP) is 14.8. The Bertz CT molecular complexity index is 2930. The fraction of sp³-hybridized carbons (Fsp3) is 0. The highest BCUT2D eigenvalue weighted by Gasteiger charge is 2.18. The zero-order valence-corrected chi connectivity index (χ0v) is 29.2. The summed E-state index contributed by atoms with van der Waals surface area (Å²) in [6.07, 6.45) is 0. The molecule has 0 unspecified atom stereocenters. The molecule has 0 amide bonds. The predicted molar refractivity (Wildman–Crippen MR) is 227 cm³/mol. The summed E-state index contributed by atoms with van der Waals surface area (Å²) in [5, 5.41) is 9.99. The normalized spacial score (nSPS) is 11.4. The lowest BCUT2D eigenvalue weighted by Crippen LogP contribution is -2.10. The van der Waals surface area contributed by atoms with Gasteiger partial charge in [-0.2, -0.15) is 0 Å². The van der Waals surface area contributed by atoms with Crippen LogP contribution in [-0.4, -0.2) is 0 Å². The number of fused-ring (bicyclic) bond motifs is 5. The molecule has 248 valence electrons. The Morgan fingerprint density at radius 2 is 0.717 bits per heavy atom. The van der Waals surface area contributed by atoms with Gasteiger partial charge in [0.25, 0.3) is 0 Å². The van der Waals surface area contributed by atoms with E-state index >= 15 is 0 Å². The second kappa shape index (κ2) is 13.0. The lowest BCUT2D eigenvalue weighted by molar-refractivity contribution is 1.30. The summed E-state index contributed by atoms with van der Waals surface area (Å²) >= 11 is 0. The van der Waals surface area contributed by atoms with Gasteiger partial charge in [-0.3, -0.25) is 0 Å². The van der Waals surface area contributed by atoms with Crippen molar-refractivity contribution in [3.63, 3.8) is 0 Å². The fourth-order valence-electron chi connectivity index (χ4n) is 8.06. The second-order valence-corrected chi connectivity index (χ2v) is 13.7. The lowest BCUT2D eigenvalue weighted by Gasteiger charge is -2.28. The van der Waals surface area contributed by atoms with Crippen LogP contribution in [0.15, 0.2) is 212 Å². The number of benzene rings is 10. The molecule has 0 bridgehead atoms. The van der Waals surface area contributed by atoms with Crippen molar-refractivity contribution in [2.75, 3.05) is 4.90 Å². The van der Waals surface area contributed by atoms with Crippen molar-refractivity contribution in [3.8, 4) is 33.4 Å². The van der Waals surface area contributed by atoms with Gasteiger partial charge in [0.1, 0.15) is 0 Å². The summed E-state index contributed by atoms with van der Waals surface area (Å²) in [4.78, 5) is 2.43. The summed E-state index contributed by atoms with van der Waals surface area (Å²) < 4.78 is 0. The van der Waals surface area contributed by atoms with Crippen LogP contribution in [-0.2, 0) is 0 Å². The Morgan fingerprint density at radius 3 is 1.38 bits per heavy atom. The molecule has 0 saturated carbocycles. The monoisotopic (exact) mass is 673 g/mol. The first-order valence-electron chi connectivity index (χ1n) is 18.3. The van der Waals surface area contributed by atoms with Gasteiger partial charge in [-0.25, -0.2) is 0 Å². The second-order valence-electron chi connectivity index (χ2n) is 13.7. The molecule has 10 rings (SSSR count). The first-order chi connectivity index (χ1) is 26.3. The van der Waals surface area contributed by atoms with Gasteiger partial charge < -0.3 is 4.90 Å². The molecule has 0 atom stereocenters. The standard InChI is InChI=1S/C52H35N/c1-4-19-45-38(12-1)15-10-24-47(45)40-28-26-36(27-29-40)37-30-32-43(33-31-37)53(52-35-42-14-3-6-21-49(42)50-22-7-8-23-51(50)52)44-18-9-17-41(34-44)48-25-11-16-39-13-2-5-20-46(39)48/h1-35H. The average Bonchev–Trinajstić information content (AvgIpc) is 3.24. The summed E-state index contributed by atoms with van der Waals surface area (Å²) in [6, 6.07) is 77.3. The topological polar surface area (TPSA) is 3.24 Å². The third-order valence-corrected chi connectivity index (χ3v) is 10.6. The van der Waals surface area contributed by atoms with Crippen molar-refractivity contribution in [1.82, 2.24) is 0 Å². The van der Waals surface area contributed by atoms with Crippen LogP contribution in [0.25, 0.3) is 76.5 Å². The fourth-order valence-corrected chi connectivity index (χ4v) is 8.06. The molecule has 0 N–H and O–H groups in total. The first kappa shape index (κ1) is 30.8. The molecule has 1 nitrogen and oxygen atoms in total. The highest BCUT2D eigenvalue weighted by atomic mass is 15.1. The third kappa shape index (κ3) is 5.51. The smallest absolute Gasteiger partial charge is 0.0546 e. The molecular formula is C52H35N. The van der Waals surface area contributed by atoms with E-state index in [0.717, 1.165) is 17.1 Å². The minimum atomic E-state index is 1.11. The van der Waals surface area contributed by atoms with E-state index in [1.165, 1.54) is 76.5 Å². The van der Waals surface area contributed by atoms with E-state index in [1.54, 1.807) is 0 Å². The van der Waals surface area contributed by atoms with Crippen molar-refractivity contribution in [3.05, 3.63) is 212 Å². The van der Waals surface area contributed by atoms with Gasteiger partial charge in [-0.05, 0) is 101 Å². The van der Waals surface area contributed by atoms with Gasteiger partial charge in [0.15, 0.2) is 0 Å². The third-order valence-electron chi connectivity index (χ3n) is 10.6. The Kier molecular flexibility index (Phi) is 7.55. The Hall–Kier alpha value is -6.96. The van der Waals surface area contributed by atoms with Crippen LogP contribution >= 0.6 is 0 Å². The van der Waals surface area contributed by atoms with E-state index in [2.05, 4.69) is 217 Å². The molecule has 0 aliphatic heterocycles. The number of nitrogens with zero attached hydrogens (tertiary/aromatic N) is 1. The van der Waals surface area contributed by atoms with Crippen LogP contribution in [0.3, 0.4) is 0 Å². The minimum absolute atomic E-state index is 1.11. The average molecular weight is 674 g/mol. The molecule has 1 heteroatoms. The van der Waals surface area contributed by atoms with Crippen molar-refractivity contribution in [1.29, 1.82) is 0 Å². The van der Waals surface area contributed by atoms with Crippen LogP contribution in [0.1, 0.15) is 0 Å². The highest BCUT2D eigenvalue weighted by Crippen LogP contribution is 2.44. The lowest BCUT2D eigenvalue weighted by atomic mass is 9.96. The van der Waals surface area contributed by atoms with E-state index in [-0.39, 0.29) is 0 Å². The van der Waals surface area contributed by atoms with Gasteiger partial charge in [-0.15, -0.1) is 0 Å². The Labute approximate surface area is 309 Å².